The predicted octanol–water partition coefficient (Wildman–Crippen LogP) is 2.45. The van der Waals surface area contributed by atoms with E-state index in [4.69, 9.17) is 0 Å². The Labute approximate surface area is 108 Å². The van der Waals surface area contributed by atoms with E-state index in [-0.39, 0.29) is 12.1 Å². The van der Waals surface area contributed by atoms with Gasteiger partial charge in [0.15, 0.2) is 0 Å². The zero-order chi connectivity index (χ0) is 12.8. The fourth-order valence-electron chi connectivity index (χ4n) is 2.35. The number of nitrogens with one attached hydrogen (secondary N) is 2. The maximum absolute atomic E-state index is 12.2. The van der Waals surface area contributed by atoms with E-state index in [1.807, 2.05) is 4.90 Å². The molecule has 1 atom stereocenters. The third-order valence-electron chi connectivity index (χ3n) is 3.45. The molecular weight excluding hydrogens is 228 g/mol. The lowest BCUT2D eigenvalue weighted by Crippen LogP contribution is -2.42. The molecule has 2 heterocycles. The van der Waals surface area contributed by atoms with Gasteiger partial charge in [0.05, 0.1) is 6.04 Å². The minimum Gasteiger partial charge on any atom is -0.347 e. The highest BCUT2D eigenvalue weighted by atomic mass is 16.2. The summed E-state index contributed by atoms with van der Waals surface area (Å²) in [7, 11) is 0. The van der Waals surface area contributed by atoms with Crippen molar-refractivity contribution >= 4 is 6.03 Å². The molecule has 2 rings (SSSR count). The molecule has 1 aliphatic heterocycles. The Balaban J connectivity index is 1.92. The quantitative estimate of drug-likeness (QED) is 0.865. The Morgan fingerprint density at radius 3 is 2.72 bits per heavy atom. The molecule has 1 saturated heterocycles. The molecule has 0 bridgehead atoms. The minimum atomic E-state index is -0.0178. The molecule has 18 heavy (non-hydrogen) atoms. The van der Waals surface area contributed by atoms with Crippen molar-refractivity contribution < 1.29 is 4.79 Å². The summed E-state index contributed by atoms with van der Waals surface area (Å²) < 4.78 is 0. The van der Waals surface area contributed by atoms with E-state index in [2.05, 4.69) is 22.2 Å². The Hall–Kier alpha value is -1.52. The van der Waals surface area contributed by atoms with Gasteiger partial charge in [0, 0.05) is 25.5 Å². The molecule has 1 unspecified atom stereocenters. The third kappa shape index (κ3) is 3.24. The number of aromatic nitrogens is 2. The van der Waals surface area contributed by atoms with Gasteiger partial charge in [-0.25, -0.2) is 9.78 Å². The number of amides is 2. The molecule has 2 N–H and O–H groups in total. The Kier molecular flexibility index (Phi) is 4.61. The van der Waals surface area contributed by atoms with Crippen LogP contribution in [0.1, 0.15) is 50.9 Å². The van der Waals surface area contributed by atoms with Gasteiger partial charge in [0.25, 0.3) is 0 Å². The van der Waals surface area contributed by atoms with Crippen LogP contribution in [0.3, 0.4) is 0 Å². The van der Waals surface area contributed by atoms with Crippen molar-refractivity contribution in [3.05, 3.63) is 18.2 Å². The number of likely N-dealkylation sites (tertiary alicyclic amines) is 1. The van der Waals surface area contributed by atoms with Crippen LogP contribution in [0.4, 0.5) is 4.79 Å². The molecule has 0 spiro atoms. The standard InChI is InChI=1S/C13H22N4O/c1-2-11(12-14-7-8-15-12)16-13(18)17-9-5-3-4-6-10-17/h7-8,11H,2-6,9-10H2,1H3,(H,14,15)(H,16,18). The molecule has 0 aliphatic carbocycles. The monoisotopic (exact) mass is 250 g/mol. The van der Waals surface area contributed by atoms with Gasteiger partial charge < -0.3 is 15.2 Å². The first-order chi connectivity index (χ1) is 8.81. The summed E-state index contributed by atoms with van der Waals surface area (Å²) in [6.45, 7) is 3.80. The number of imidazole rings is 1. The normalized spacial score (nSPS) is 18.2. The molecule has 1 aliphatic rings. The van der Waals surface area contributed by atoms with E-state index in [0.717, 1.165) is 38.2 Å². The fraction of sp³-hybridized carbons (Fsp3) is 0.692. The van der Waals surface area contributed by atoms with Crippen LogP contribution in [0, 0.1) is 0 Å². The molecular formula is C13H22N4O. The van der Waals surface area contributed by atoms with Crippen LogP contribution in [-0.2, 0) is 0 Å². The van der Waals surface area contributed by atoms with Crippen LogP contribution in [0.25, 0.3) is 0 Å². The highest BCUT2D eigenvalue weighted by Gasteiger charge is 2.20. The van der Waals surface area contributed by atoms with Gasteiger partial charge in [-0.05, 0) is 19.3 Å². The molecule has 100 valence electrons. The maximum Gasteiger partial charge on any atom is 0.317 e. The van der Waals surface area contributed by atoms with Crippen molar-refractivity contribution in [1.29, 1.82) is 0 Å². The first-order valence-electron chi connectivity index (χ1n) is 6.86. The number of rotatable bonds is 3. The molecule has 0 saturated carbocycles. The van der Waals surface area contributed by atoms with E-state index in [0.29, 0.717) is 0 Å². The molecule has 1 aromatic rings. The Bertz CT molecular complexity index is 355. The summed E-state index contributed by atoms with van der Waals surface area (Å²) in [5.74, 6) is 0.834. The van der Waals surface area contributed by atoms with Gasteiger partial charge in [-0.15, -0.1) is 0 Å². The largest absolute Gasteiger partial charge is 0.347 e. The van der Waals surface area contributed by atoms with Crippen LogP contribution in [0.15, 0.2) is 12.4 Å². The molecule has 2 amide bonds. The Morgan fingerprint density at radius 2 is 2.17 bits per heavy atom. The second kappa shape index (κ2) is 6.42. The fourth-order valence-corrected chi connectivity index (χ4v) is 2.35. The highest BCUT2D eigenvalue weighted by Crippen LogP contribution is 2.14. The van der Waals surface area contributed by atoms with Gasteiger partial charge in [0.2, 0.25) is 0 Å². The number of urea groups is 1. The molecule has 1 aromatic heterocycles. The van der Waals surface area contributed by atoms with Crippen molar-refractivity contribution in [3.8, 4) is 0 Å². The summed E-state index contributed by atoms with van der Waals surface area (Å²) in [5.41, 5.74) is 0. The van der Waals surface area contributed by atoms with Crippen molar-refractivity contribution in [2.75, 3.05) is 13.1 Å². The average Bonchev–Trinajstić information content (AvgIpc) is 2.77. The topological polar surface area (TPSA) is 61.0 Å². The second-order valence-corrected chi connectivity index (χ2v) is 4.79. The van der Waals surface area contributed by atoms with E-state index in [1.54, 1.807) is 12.4 Å². The summed E-state index contributed by atoms with van der Waals surface area (Å²) >= 11 is 0. The first kappa shape index (κ1) is 12.9. The zero-order valence-corrected chi connectivity index (χ0v) is 11.0. The smallest absolute Gasteiger partial charge is 0.317 e. The number of nitrogens with zero attached hydrogens (tertiary/aromatic N) is 2. The lowest BCUT2D eigenvalue weighted by Gasteiger charge is -2.24. The van der Waals surface area contributed by atoms with Crippen molar-refractivity contribution in [1.82, 2.24) is 20.2 Å². The van der Waals surface area contributed by atoms with Gasteiger partial charge in [0.1, 0.15) is 5.82 Å². The van der Waals surface area contributed by atoms with Gasteiger partial charge in [-0.3, -0.25) is 0 Å². The lowest BCUT2D eigenvalue weighted by atomic mass is 10.2. The predicted molar refractivity (Wildman–Crippen MR) is 70.2 cm³/mol. The molecule has 0 radical (unpaired) electrons. The van der Waals surface area contributed by atoms with Gasteiger partial charge in [-0.1, -0.05) is 19.8 Å². The maximum atomic E-state index is 12.2. The second-order valence-electron chi connectivity index (χ2n) is 4.79. The minimum absolute atomic E-state index is 0.0178. The first-order valence-corrected chi connectivity index (χ1v) is 6.86. The van der Waals surface area contributed by atoms with Crippen molar-refractivity contribution in [3.63, 3.8) is 0 Å². The zero-order valence-electron chi connectivity index (χ0n) is 11.0. The van der Waals surface area contributed by atoms with Crippen LogP contribution < -0.4 is 5.32 Å². The SMILES string of the molecule is CCC(NC(=O)N1CCCCCC1)c1ncc[nH]1. The molecule has 0 aromatic carbocycles. The Morgan fingerprint density at radius 1 is 1.44 bits per heavy atom. The van der Waals surface area contributed by atoms with E-state index >= 15 is 0 Å². The summed E-state index contributed by atoms with van der Waals surface area (Å²) in [4.78, 5) is 21.4. The summed E-state index contributed by atoms with van der Waals surface area (Å²) in [6.07, 6.45) is 9.05. The van der Waals surface area contributed by atoms with Gasteiger partial charge in [-0.2, -0.15) is 0 Å². The summed E-state index contributed by atoms with van der Waals surface area (Å²) in [6, 6.07) is 0.0240. The average molecular weight is 250 g/mol. The number of aromatic amines is 1. The molecule has 5 heteroatoms. The van der Waals surface area contributed by atoms with Crippen molar-refractivity contribution in [2.45, 2.75) is 45.1 Å². The summed E-state index contributed by atoms with van der Waals surface area (Å²) in [5, 5.41) is 3.06. The van der Waals surface area contributed by atoms with Crippen LogP contribution in [0.5, 0.6) is 0 Å². The number of carbonyl (C=O) groups is 1. The number of carbonyl (C=O) groups excluding carboxylic acids is 1. The van der Waals surface area contributed by atoms with Crippen LogP contribution in [-0.4, -0.2) is 34.0 Å². The van der Waals surface area contributed by atoms with E-state index in [1.165, 1.54) is 12.8 Å². The molecule has 1 fully saturated rings. The third-order valence-corrected chi connectivity index (χ3v) is 3.45. The van der Waals surface area contributed by atoms with Crippen molar-refractivity contribution in [2.24, 2.45) is 0 Å². The number of hydrogen-bond donors (Lipinski definition) is 2. The highest BCUT2D eigenvalue weighted by molar-refractivity contribution is 5.74. The van der Waals surface area contributed by atoms with Gasteiger partial charge >= 0.3 is 6.03 Å². The van der Waals surface area contributed by atoms with E-state index in [9.17, 15) is 4.79 Å². The van der Waals surface area contributed by atoms with Crippen LogP contribution >= 0.6 is 0 Å². The molecule has 5 nitrogen and oxygen atoms in total. The number of H-pyrrole nitrogens is 1. The van der Waals surface area contributed by atoms with Crippen LogP contribution in [0.2, 0.25) is 0 Å². The number of hydrogen-bond acceptors (Lipinski definition) is 2. The lowest BCUT2D eigenvalue weighted by molar-refractivity contribution is 0.194. The van der Waals surface area contributed by atoms with E-state index < -0.39 is 0 Å².